The maximum Gasteiger partial charge on any atom is 0.255 e. The van der Waals surface area contributed by atoms with Gasteiger partial charge >= 0.3 is 0 Å². The number of hydrogen-bond donors (Lipinski definition) is 3. The minimum Gasteiger partial charge on any atom is -0.387 e. The number of halogens is 1. The number of rotatable bonds is 7. The van der Waals surface area contributed by atoms with E-state index in [1.165, 1.54) is 26.2 Å². The summed E-state index contributed by atoms with van der Waals surface area (Å²) in [6, 6.07) is 5.75. The predicted molar refractivity (Wildman–Crippen MR) is 116 cm³/mol. The van der Waals surface area contributed by atoms with Crippen LogP contribution in [0.25, 0.3) is 0 Å². The Kier molecular flexibility index (Phi) is 5.95. The van der Waals surface area contributed by atoms with E-state index in [0.29, 0.717) is 36.8 Å². The molecule has 0 spiro atoms. The monoisotopic (exact) mass is 440 g/mol. The molecule has 2 aromatic rings. The van der Waals surface area contributed by atoms with Crippen molar-refractivity contribution in [2.45, 2.75) is 38.1 Å². The van der Waals surface area contributed by atoms with Crippen molar-refractivity contribution in [3.8, 4) is 6.07 Å². The van der Waals surface area contributed by atoms with Gasteiger partial charge < -0.3 is 25.4 Å². The normalized spacial score (nSPS) is 16.7. The van der Waals surface area contributed by atoms with Crippen LogP contribution < -0.4 is 15.5 Å². The van der Waals surface area contributed by atoms with Crippen molar-refractivity contribution in [3.05, 3.63) is 41.2 Å². The fourth-order valence-corrected chi connectivity index (χ4v) is 3.51. The summed E-state index contributed by atoms with van der Waals surface area (Å²) in [4.78, 5) is 23.6. The van der Waals surface area contributed by atoms with E-state index in [1.807, 2.05) is 11.0 Å². The van der Waals surface area contributed by atoms with Gasteiger partial charge in [-0.15, -0.1) is 0 Å². The Morgan fingerprint density at radius 2 is 2.19 bits per heavy atom. The molecule has 4 heterocycles. The molecule has 9 nitrogen and oxygen atoms in total. The number of aromatic nitrogens is 2. The molecule has 1 atom stereocenters. The van der Waals surface area contributed by atoms with Gasteiger partial charge in [-0.2, -0.15) is 5.26 Å². The lowest BCUT2D eigenvalue weighted by molar-refractivity contribution is -0.00178. The fraction of sp³-hybridized carbons (Fsp3) is 0.455. The highest BCUT2D eigenvalue weighted by Gasteiger charge is 2.29. The molecular formula is C22H25FN6O3. The van der Waals surface area contributed by atoms with Gasteiger partial charge in [0.15, 0.2) is 0 Å². The lowest BCUT2D eigenvalue weighted by Gasteiger charge is -2.29. The van der Waals surface area contributed by atoms with Gasteiger partial charge in [0.1, 0.15) is 23.9 Å². The minimum absolute atomic E-state index is 0.0595. The number of alkyl halides is 1. The van der Waals surface area contributed by atoms with Crippen molar-refractivity contribution < 1.29 is 19.0 Å². The van der Waals surface area contributed by atoms with Gasteiger partial charge in [-0.05, 0) is 31.9 Å². The Balaban J connectivity index is 1.58. The number of nitriles is 1. The molecule has 2 aromatic heterocycles. The highest BCUT2D eigenvalue weighted by Crippen LogP contribution is 2.34. The zero-order valence-electron chi connectivity index (χ0n) is 17.9. The number of nitrogens with one attached hydrogen (secondary N) is 2. The van der Waals surface area contributed by atoms with Crippen molar-refractivity contribution in [2.75, 3.05) is 36.5 Å². The molecule has 4 rings (SSSR count). The minimum atomic E-state index is -1.61. The molecule has 2 aliphatic heterocycles. The molecule has 1 saturated heterocycles. The second kappa shape index (κ2) is 8.68. The van der Waals surface area contributed by atoms with E-state index in [2.05, 4.69) is 26.7 Å². The molecule has 3 N–H and O–H groups in total. The fourth-order valence-electron chi connectivity index (χ4n) is 3.51. The summed E-state index contributed by atoms with van der Waals surface area (Å²) >= 11 is 0. The van der Waals surface area contributed by atoms with Crippen LogP contribution >= 0.6 is 0 Å². The van der Waals surface area contributed by atoms with Gasteiger partial charge in [0, 0.05) is 25.0 Å². The number of anilines is 3. The average molecular weight is 440 g/mol. The zero-order valence-corrected chi connectivity index (χ0v) is 17.9. The van der Waals surface area contributed by atoms with E-state index < -0.39 is 17.7 Å². The number of nitrogens with zero attached hydrogens (tertiary/aromatic N) is 4. The predicted octanol–water partition coefficient (Wildman–Crippen LogP) is 1.69. The quantitative estimate of drug-likeness (QED) is 0.594. The zero-order chi connectivity index (χ0) is 22.9. The number of fused-ring (bicyclic) bond motifs is 1. The molecular weight excluding hydrogens is 415 g/mol. The third-order valence-electron chi connectivity index (χ3n) is 5.55. The summed E-state index contributed by atoms with van der Waals surface area (Å²) < 4.78 is 19.3. The third kappa shape index (κ3) is 4.49. The summed E-state index contributed by atoms with van der Waals surface area (Å²) in [6.07, 6.45) is 2.10. The molecule has 1 amide bonds. The van der Waals surface area contributed by atoms with E-state index in [4.69, 9.17) is 10.00 Å². The molecule has 1 fully saturated rings. The van der Waals surface area contributed by atoms with E-state index in [1.54, 1.807) is 6.07 Å². The summed E-state index contributed by atoms with van der Waals surface area (Å²) in [5.74, 6) is 0.856. The molecule has 0 bridgehead atoms. The van der Waals surface area contributed by atoms with Crippen LogP contribution in [0.5, 0.6) is 0 Å². The number of amides is 1. The molecule has 0 saturated carbocycles. The van der Waals surface area contributed by atoms with Crippen molar-refractivity contribution in [3.63, 3.8) is 0 Å². The van der Waals surface area contributed by atoms with E-state index in [-0.39, 0.29) is 18.2 Å². The number of carbonyl (C=O) groups excluding carboxylic acids is 1. The molecule has 0 radical (unpaired) electrons. The lowest BCUT2D eigenvalue weighted by Crippen LogP contribution is -2.43. The maximum atomic E-state index is 14.1. The van der Waals surface area contributed by atoms with Crippen LogP contribution in [0.4, 0.5) is 21.7 Å². The van der Waals surface area contributed by atoms with Crippen LogP contribution in [0, 0.1) is 11.3 Å². The smallest absolute Gasteiger partial charge is 0.255 e. The Hall–Kier alpha value is -3.29. The molecule has 0 aromatic carbocycles. The van der Waals surface area contributed by atoms with Crippen molar-refractivity contribution in [1.29, 1.82) is 5.26 Å². The number of pyridine rings is 2. The van der Waals surface area contributed by atoms with E-state index >= 15 is 0 Å². The van der Waals surface area contributed by atoms with Crippen LogP contribution in [0.15, 0.2) is 24.5 Å². The first-order chi connectivity index (χ1) is 15.3. The Labute approximate surface area is 185 Å². The second-order valence-electron chi connectivity index (χ2n) is 8.52. The van der Waals surface area contributed by atoms with Crippen molar-refractivity contribution in [2.24, 2.45) is 0 Å². The summed E-state index contributed by atoms with van der Waals surface area (Å²) in [5, 5.41) is 24.7. The molecule has 1 unspecified atom stereocenters. The first kappa shape index (κ1) is 21.9. The lowest BCUT2D eigenvalue weighted by atomic mass is 10.0. The van der Waals surface area contributed by atoms with Gasteiger partial charge in [-0.3, -0.25) is 4.79 Å². The number of hydrogen-bond acceptors (Lipinski definition) is 8. The molecule has 32 heavy (non-hydrogen) atoms. The van der Waals surface area contributed by atoms with E-state index in [9.17, 15) is 14.3 Å². The topological polar surface area (TPSA) is 123 Å². The first-order valence-corrected chi connectivity index (χ1v) is 10.4. The van der Waals surface area contributed by atoms with Gasteiger partial charge in [-0.25, -0.2) is 14.4 Å². The first-order valence-electron chi connectivity index (χ1n) is 10.4. The van der Waals surface area contributed by atoms with E-state index in [0.717, 1.165) is 17.8 Å². The molecule has 2 aliphatic rings. The Bertz CT molecular complexity index is 1060. The summed E-state index contributed by atoms with van der Waals surface area (Å²) in [6.45, 7) is 4.08. The van der Waals surface area contributed by atoms with Crippen molar-refractivity contribution in [1.82, 2.24) is 15.3 Å². The largest absolute Gasteiger partial charge is 0.387 e. The second-order valence-corrected chi connectivity index (χ2v) is 8.52. The number of aliphatic hydroxyl groups is 1. The highest BCUT2D eigenvalue weighted by molar-refractivity contribution is 6.00. The third-order valence-corrected chi connectivity index (χ3v) is 5.55. The standard InChI is InChI=1S/C22H25FN6O3/c1-22(2,31)18(23)10-27-21(30)16-9-25-19(6-17(16)28-15-11-32-12-15)29-4-3-14-5-13(7-24)8-26-20(14)29/h5-6,8-9,15,18,31H,3-4,10-12H2,1-2H3,(H,25,28)(H,27,30). The Morgan fingerprint density at radius 3 is 2.84 bits per heavy atom. The van der Waals surface area contributed by atoms with Crippen LogP contribution in [0.1, 0.15) is 35.3 Å². The summed E-state index contributed by atoms with van der Waals surface area (Å²) in [7, 11) is 0. The van der Waals surface area contributed by atoms with Crippen LogP contribution in [0.3, 0.4) is 0 Å². The molecule has 10 heteroatoms. The van der Waals surface area contributed by atoms with Gasteiger partial charge in [0.25, 0.3) is 5.91 Å². The molecule has 168 valence electrons. The summed E-state index contributed by atoms with van der Waals surface area (Å²) in [5.41, 5.74) is 0.754. The van der Waals surface area contributed by atoms with Gasteiger partial charge in [0.2, 0.25) is 0 Å². The average Bonchev–Trinajstić information content (AvgIpc) is 3.16. The van der Waals surface area contributed by atoms with Gasteiger partial charge in [0.05, 0.1) is 48.2 Å². The number of ether oxygens (including phenoxy) is 1. The van der Waals surface area contributed by atoms with Crippen LogP contribution in [-0.2, 0) is 11.2 Å². The Morgan fingerprint density at radius 1 is 1.41 bits per heavy atom. The number of carbonyl (C=O) groups is 1. The van der Waals surface area contributed by atoms with Crippen molar-refractivity contribution >= 4 is 23.2 Å². The maximum absolute atomic E-state index is 14.1. The SMILES string of the molecule is CC(C)(O)C(F)CNC(=O)c1cnc(N2CCc3cc(C#N)cnc32)cc1NC1COC1. The van der Waals surface area contributed by atoms with Gasteiger partial charge in [-0.1, -0.05) is 0 Å². The molecule has 0 aliphatic carbocycles. The van der Waals surface area contributed by atoms with Crippen LogP contribution in [-0.4, -0.2) is 65.1 Å². The highest BCUT2D eigenvalue weighted by atomic mass is 19.1. The van der Waals surface area contributed by atoms with Crippen LogP contribution in [0.2, 0.25) is 0 Å².